The average Bonchev–Trinajstić information content (AvgIpc) is 3.00. The Morgan fingerprint density at radius 3 is 1.44 bits per heavy atom. The number of esters is 2. The molecule has 0 heterocycles. The number of benzene rings is 4. The minimum Gasteiger partial charge on any atom is -0.422 e. The summed E-state index contributed by atoms with van der Waals surface area (Å²) in [6, 6.07) is 25.6. The normalized spacial score (nSPS) is 9.56. The van der Waals surface area contributed by atoms with E-state index in [2.05, 4.69) is 48.7 Å². The van der Waals surface area contributed by atoms with Gasteiger partial charge in [0.15, 0.2) is 0 Å². The first-order valence-corrected chi connectivity index (χ1v) is 13.1. The summed E-state index contributed by atoms with van der Waals surface area (Å²) in [5.41, 5.74) is 3.73. The van der Waals surface area contributed by atoms with Gasteiger partial charge in [0, 0.05) is 27.8 Å². The standard InChI is InChI=1S/C38H25FO4/c1-26(2)37(40)42-35-11-7-5-9-32(35)22-19-29-15-13-28(14-16-29)17-18-30-20-21-31(34(39)25-30)23-24-33-10-6-8-12-36(33)43-38(41)27(3)4/h5-16,20-21,25H,1,3H2,2,4H3. The number of carbonyl (C=O) groups is 2. The summed E-state index contributed by atoms with van der Waals surface area (Å²) in [7, 11) is 0. The first-order valence-electron chi connectivity index (χ1n) is 13.1. The quantitative estimate of drug-likeness (QED) is 0.116. The van der Waals surface area contributed by atoms with Gasteiger partial charge in [-0.15, -0.1) is 0 Å². The van der Waals surface area contributed by atoms with E-state index in [1.165, 1.54) is 6.07 Å². The Labute approximate surface area is 250 Å². The van der Waals surface area contributed by atoms with E-state index in [0.717, 1.165) is 11.1 Å². The fraction of sp³-hybridized carbons (Fsp3) is 0.0526. The summed E-state index contributed by atoms with van der Waals surface area (Å²) < 4.78 is 25.5. The molecule has 5 heteroatoms. The maximum absolute atomic E-state index is 14.8. The summed E-state index contributed by atoms with van der Waals surface area (Å²) in [5, 5.41) is 0. The lowest BCUT2D eigenvalue weighted by Gasteiger charge is -2.05. The third kappa shape index (κ3) is 8.45. The van der Waals surface area contributed by atoms with Crippen molar-refractivity contribution in [3.05, 3.63) is 154 Å². The third-order valence-corrected chi connectivity index (χ3v) is 5.75. The van der Waals surface area contributed by atoms with E-state index in [9.17, 15) is 14.0 Å². The highest BCUT2D eigenvalue weighted by Gasteiger charge is 2.09. The molecule has 4 nitrogen and oxygen atoms in total. The number of hydrogen-bond acceptors (Lipinski definition) is 4. The van der Waals surface area contributed by atoms with Crippen molar-refractivity contribution in [2.45, 2.75) is 13.8 Å². The maximum Gasteiger partial charge on any atom is 0.338 e. The molecule has 0 saturated carbocycles. The van der Waals surface area contributed by atoms with Crippen LogP contribution in [-0.4, -0.2) is 11.9 Å². The SMILES string of the molecule is C=C(C)C(=O)Oc1ccccc1C#Cc1ccc(C#Cc2ccc(C#Cc3ccccc3OC(=O)C(=C)C)c(F)c2)cc1. The second kappa shape index (κ2) is 14.0. The van der Waals surface area contributed by atoms with Gasteiger partial charge in [0.25, 0.3) is 0 Å². The number of hydrogen-bond donors (Lipinski definition) is 0. The number of ether oxygens (including phenoxy) is 2. The Bertz CT molecular complexity index is 1930. The van der Waals surface area contributed by atoms with E-state index in [1.54, 1.807) is 68.4 Å². The lowest BCUT2D eigenvalue weighted by molar-refractivity contribution is -0.130. The highest BCUT2D eigenvalue weighted by Crippen LogP contribution is 2.20. The molecule has 0 aliphatic heterocycles. The van der Waals surface area contributed by atoms with Crippen LogP contribution in [0.3, 0.4) is 0 Å². The van der Waals surface area contributed by atoms with Gasteiger partial charge in [0.1, 0.15) is 17.3 Å². The second-order valence-corrected chi connectivity index (χ2v) is 9.35. The van der Waals surface area contributed by atoms with Gasteiger partial charge >= 0.3 is 11.9 Å². The van der Waals surface area contributed by atoms with Crippen molar-refractivity contribution in [3.63, 3.8) is 0 Å². The minimum absolute atomic E-state index is 0.186. The summed E-state index contributed by atoms with van der Waals surface area (Å²) in [6.07, 6.45) is 0. The molecule has 0 bridgehead atoms. The van der Waals surface area contributed by atoms with E-state index < -0.39 is 17.8 Å². The number of para-hydroxylation sites is 2. The fourth-order valence-electron chi connectivity index (χ4n) is 3.44. The second-order valence-electron chi connectivity index (χ2n) is 9.35. The zero-order valence-corrected chi connectivity index (χ0v) is 23.6. The van der Waals surface area contributed by atoms with Gasteiger partial charge < -0.3 is 9.47 Å². The highest BCUT2D eigenvalue weighted by atomic mass is 19.1. The average molecular weight is 565 g/mol. The summed E-state index contributed by atoms with van der Waals surface area (Å²) in [6.45, 7) is 10.3. The molecule has 0 spiro atoms. The number of carbonyl (C=O) groups excluding carboxylic acids is 2. The van der Waals surface area contributed by atoms with Gasteiger partial charge in [-0.25, -0.2) is 14.0 Å². The molecule has 0 radical (unpaired) electrons. The monoisotopic (exact) mass is 564 g/mol. The zero-order chi connectivity index (χ0) is 30.8. The van der Waals surface area contributed by atoms with Crippen molar-refractivity contribution < 1.29 is 23.5 Å². The van der Waals surface area contributed by atoms with Crippen molar-refractivity contribution in [1.82, 2.24) is 0 Å². The van der Waals surface area contributed by atoms with Crippen LogP contribution in [0.2, 0.25) is 0 Å². The van der Waals surface area contributed by atoms with Crippen LogP contribution in [0.5, 0.6) is 11.5 Å². The smallest absolute Gasteiger partial charge is 0.338 e. The first-order chi connectivity index (χ1) is 20.7. The molecular weight excluding hydrogens is 539 g/mol. The zero-order valence-electron chi connectivity index (χ0n) is 23.6. The number of rotatable bonds is 4. The van der Waals surface area contributed by atoms with Crippen LogP contribution in [-0.2, 0) is 9.59 Å². The van der Waals surface area contributed by atoms with Crippen molar-refractivity contribution in [2.24, 2.45) is 0 Å². The van der Waals surface area contributed by atoms with Crippen molar-refractivity contribution in [3.8, 4) is 47.0 Å². The van der Waals surface area contributed by atoms with E-state index in [-0.39, 0.29) is 16.9 Å². The molecule has 0 fully saturated rings. The van der Waals surface area contributed by atoms with Gasteiger partial charge in [0.2, 0.25) is 0 Å². The third-order valence-electron chi connectivity index (χ3n) is 5.75. The molecule has 4 aromatic rings. The van der Waals surface area contributed by atoms with Gasteiger partial charge in [-0.2, -0.15) is 0 Å². The largest absolute Gasteiger partial charge is 0.422 e. The molecule has 0 N–H and O–H groups in total. The molecule has 0 saturated heterocycles. The minimum atomic E-state index is -0.560. The molecule has 4 aromatic carbocycles. The predicted octanol–water partition coefficient (Wildman–Crippen LogP) is 6.99. The molecule has 0 amide bonds. The molecule has 0 unspecified atom stereocenters. The maximum atomic E-state index is 14.8. The van der Waals surface area contributed by atoms with Crippen LogP contribution in [0.25, 0.3) is 0 Å². The topological polar surface area (TPSA) is 52.6 Å². The lowest BCUT2D eigenvalue weighted by Crippen LogP contribution is -2.09. The summed E-state index contributed by atoms with van der Waals surface area (Å²) >= 11 is 0. The predicted molar refractivity (Wildman–Crippen MR) is 165 cm³/mol. The molecule has 208 valence electrons. The number of halogens is 1. The molecule has 0 atom stereocenters. The Morgan fingerprint density at radius 1 is 0.558 bits per heavy atom. The van der Waals surface area contributed by atoms with Crippen molar-refractivity contribution in [2.75, 3.05) is 0 Å². The van der Waals surface area contributed by atoms with E-state index >= 15 is 0 Å². The van der Waals surface area contributed by atoms with Crippen LogP contribution in [0.1, 0.15) is 47.2 Å². The fourth-order valence-corrected chi connectivity index (χ4v) is 3.44. The van der Waals surface area contributed by atoms with Crippen LogP contribution >= 0.6 is 0 Å². The molecule has 43 heavy (non-hydrogen) atoms. The summed E-state index contributed by atoms with van der Waals surface area (Å²) in [5.74, 6) is 16.8. The van der Waals surface area contributed by atoms with Crippen molar-refractivity contribution in [1.29, 1.82) is 0 Å². The van der Waals surface area contributed by atoms with Gasteiger partial charge in [-0.05, 0) is 80.6 Å². The van der Waals surface area contributed by atoms with Gasteiger partial charge in [-0.1, -0.05) is 72.9 Å². The lowest BCUT2D eigenvalue weighted by atomic mass is 10.1. The van der Waals surface area contributed by atoms with Gasteiger partial charge in [0.05, 0.1) is 16.7 Å². The first kappa shape index (κ1) is 29.9. The summed E-state index contributed by atoms with van der Waals surface area (Å²) in [4.78, 5) is 23.8. The van der Waals surface area contributed by atoms with Crippen LogP contribution in [0.15, 0.2) is 115 Å². The Morgan fingerprint density at radius 2 is 0.953 bits per heavy atom. The Balaban J connectivity index is 1.45. The Kier molecular flexibility index (Phi) is 9.73. The molecule has 0 aliphatic carbocycles. The molecule has 0 aliphatic rings. The van der Waals surface area contributed by atoms with E-state index in [4.69, 9.17) is 9.47 Å². The van der Waals surface area contributed by atoms with Gasteiger partial charge in [-0.3, -0.25) is 0 Å². The van der Waals surface area contributed by atoms with Crippen LogP contribution < -0.4 is 9.47 Å². The molecular formula is C38H25FO4. The van der Waals surface area contributed by atoms with Crippen LogP contribution in [0, 0.1) is 41.3 Å². The molecule has 0 aromatic heterocycles. The van der Waals surface area contributed by atoms with E-state index in [0.29, 0.717) is 28.0 Å². The molecule has 4 rings (SSSR count). The van der Waals surface area contributed by atoms with E-state index in [1.807, 2.05) is 30.3 Å². The highest BCUT2D eigenvalue weighted by molar-refractivity contribution is 5.89. The van der Waals surface area contributed by atoms with Crippen molar-refractivity contribution >= 4 is 11.9 Å². The Hall–Kier alpha value is -6.09. The van der Waals surface area contributed by atoms with Crippen LogP contribution in [0.4, 0.5) is 4.39 Å².